The molecular formula is C24H17BrCl2N2O2. The monoisotopic (exact) mass is 514 g/mol. The maximum atomic E-state index is 12.5. The second kappa shape index (κ2) is 10.5. The van der Waals surface area contributed by atoms with E-state index in [1.165, 1.54) is 6.08 Å². The first-order valence-corrected chi connectivity index (χ1v) is 10.8. The van der Waals surface area contributed by atoms with Crippen molar-refractivity contribution in [3.05, 3.63) is 97.4 Å². The molecule has 4 nitrogen and oxygen atoms in total. The highest BCUT2D eigenvalue weighted by molar-refractivity contribution is 9.10. The third kappa shape index (κ3) is 6.11. The lowest BCUT2D eigenvalue weighted by molar-refractivity contribution is -0.112. The average Bonchev–Trinajstić information content (AvgIpc) is 2.75. The minimum atomic E-state index is -0.516. The van der Waals surface area contributed by atoms with Crippen LogP contribution in [-0.4, -0.2) is 5.91 Å². The van der Waals surface area contributed by atoms with Gasteiger partial charge >= 0.3 is 0 Å². The van der Waals surface area contributed by atoms with Crippen LogP contribution in [0.2, 0.25) is 10.0 Å². The number of hydrogen-bond donors (Lipinski definition) is 1. The first kappa shape index (κ1) is 22.9. The maximum Gasteiger partial charge on any atom is 0.266 e. The summed E-state index contributed by atoms with van der Waals surface area (Å²) in [4.78, 5) is 12.5. The van der Waals surface area contributed by atoms with Crippen LogP contribution in [0.25, 0.3) is 6.08 Å². The van der Waals surface area contributed by atoms with Gasteiger partial charge in [0.15, 0.2) is 0 Å². The summed E-state index contributed by atoms with van der Waals surface area (Å²) in [5.41, 5.74) is 2.93. The van der Waals surface area contributed by atoms with E-state index in [-0.39, 0.29) is 5.57 Å². The lowest BCUT2D eigenvalue weighted by Crippen LogP contribution is -2.13. The third-order valence-electron chi connectivity index (χ3n) is 4.40. The van der Waals surface area contributed by atoms with Crippen molar-refractivity contribution in [2.45, 2.75) is 13.5 Å². The molecule has 1 amide bonds. The smallest absolute Gasteiger partial charge is 0.266 e. The van der Waals surface area contributed by atoms with Gasteiger partial charge in [0.05, 0.1) is 4.47 Å². The summed E-state index contributed by atoms with van der Waals surface area (Å²) in [5, 5.41) is 13.3. The van der Waals surface area contributed by atoms with Crippen LogP contribution in [0, 0.1) is 18.3 Å². The van der Waals surface area contributed by atoms with Gasteiger partial charge in [-0.15, -0.1) is 0 Å². The van der Waals surface area contributed by atoms with Crippen molar-refractivity contribution in [2.75, 3.05) is 5.32 Å². The van der Waals surface area contributed by atoms with Gasteiger partial charge in [0.25, 0.3) is 5.91 Å². The Morgan fingerprint density at radius 3 is 2.58 bits per heavy atom. The normalized spacial score (nSPS) is 11.0. The minimum absolute atomic E-state index is 0.0340. The Morgan fingerprint density at radius 1 is 1.13 bits per heavy atom. The summed E-state index contributed by atoms with van der Waals surface area (Å²) in [6, 6.07) is 19.9. The number of ether oxygens (including phenoxy) is 1. The fraction of sp³-hybridized carbons (Fsp3) is 0.0833. The first-order valence-electron chi connectivity index (χ1n) is 9.22. The van der Waals surface area contributed by atoms with Gasteiger partial charge in [-0.3, -0.25) is 4.79 Å². The van der Waals surface area contributed by atoms with E-state index in [4.69, 9.17) is 27.9 Å². The number of nitrogens with zero attached hydrogens (tertiary/aromatic N) is 1. The molecule has 0 saturated heterocycles. The van der Waals surface area contributed by atoms with Gasteiger partial charge in [0.2, 0.25) is 0 Å². The minimum Gasteiger partial charge on any atom is -0.488 e. The SMILES string of the molecule is Cc1ccc(NC(=O)/C(C#N)=C\c2ccc(OCc3ccccc3Cl)c(Br)c2)cc1Cl. The highest BCUT2D eigenvalue weighted by Crippen LogP contribution is 2.29. The van der Waals surface area contributed by atoms with Crippen LogP contribution in [0.1, 0.15) is 16.7 Å². The number of anilines is 1. The van der Waals surface area contributed by atoms with E-state index in [1.54, 1.807) is 36.4 Å². The third-order valence-corrected chi connectivity index (χ3v) is 5.80. The van der Waals surface area contributed by atoms with Gasteiger partial charge in [0.1, 0.15) is 24.0 Å². The van der Waals surface area contributed by atoms with Gasteiger partial charge in [-0.05, 0) is 70.4 Å². The Hall–Kier alpha value is -2.78. The number of amides is 1. The zero-order chi connectivity index (χ0) is 22.4. The molecule has 0 aliphatic carbocycles. The summed E-state index contributed by atoms with van der Waals surface area (Å²) in [6.45, 7) is 2.19. The predicted octanol–water partition coefficient (Wildman–Crippen LogP) is 7.19. The number of aryl methyl sites for hydroxylation is 1. The summed E-state index contributed by atoms with van der Waals surface area (Å²) in [5.74, 6) is 0.104. The maximum absolute atomic E-state index is 12.5. The van der Waals surface area contributed by atoms with E-state index in [0.29, 0.717) is 38.1 Å². The number of benzene rings is 3. The quantitative estimate of drug-likeness (QED) is 0.279. The van der Waals surface area contributed by atoms with E-state index in [9.17, 15) is 10.1 Å². The zero-order valence-corrected chi connectivity index (χ0v) is 19.6. The van der Waals surface area contributed by atoms with Crippen molar-refractivity contribution >= 4 is 56.8 Å². The molecule has 0 spiro atoms. The molecule has 0 bridgehead atoms. The number of halogens is 3. The lowest BCUT2D eigenvalue weighted by Gasteiger charge is -2.10. The lowest BCUT2D eigenvalue weighted by atomic mass is 10.1. The summed E-state index contributed by atoms with van der Waals surface area (Å²) < 4.78 is 6.52. The fourth-order valence-corrected chi connectivity index (χ4v) is 3.56. The van der Waals surface area contributed by atoms with Crippen LogP contribution in [-0.2, 0) is 11.4 Å². The molecule has 0 unspecified atom stereocenters. The van der Waals surface area contributed by atoms with Crippen molar-refractivity contribution in [3.8, 4) is 11.8 Å². The Morgan fingerprint density at radius 2 is 1.90 bits per heavy atom. The molecule has 0 radical (unpaired) electrons. The molecule has 0 saturated carbocycles. The number of carbonyl (C=O) groups is 1. The van der Waals surface area contributed by atoms with E-state index in [2.05, 4.69) is 21.2 Å². The highest BCUT2D eigenvalue weighted by atomic mass is 79.9. The molecular weight excluding hydrogens is 499 g/mol. The molecule has 3 aromatic carbocycles. The molecule has 1 N–H and O–H groups in total. The van der Waals surface area contributed by atoms with Crippen molar-refractivity contribution < 1.29 is 9.53 Å². The van der Waals surface area contributed by atoms with Gasteiger partial charge in [0, 0.05) is 21.3 Å². The molecule has 0 heterocycles. The van der Waals surface area contributed by atoms with Crippen molar-refractivity contribution in [3.63, 3.8) is 0 Å². The molecule has 0 fully saturated rings. The van der Waals surface area contributed by atoms with Gasteiger partial charge in [-0.2, -0.15) is 5.26 Å². The molecule has 31 heavy (non-hydrogen) atoms. The number of nitrogens with one attached hydrogen (secondary N) is 1. The second-order valence-electron chi connectivity index (χ2n) is 6.66. The van der Waals surface area contributed by atoms with Crippen LogP contribution in [0.3, 0.4) is 0 Å². The van der Waals surface area contributed by atoms with Crippen LogP contribution < -0.4 is 10.1 Å². The molecule has 0 aliphatic rings. The van der Waals surface area contributed by atoms with Gasteiger partial charge in [-0.25, -0.2) is 0 Å². The Balaban J connectivity index is 1.72. The zero-order valence-electron chi connectivity index (χ0n) is 16.5. The number of rotatable bonds is 6. The highest BCUT2D eigenvalue weighted by Gasteiger charge is 2.11. The van der Waals surface area contributed by atoms with Crippen LogP contribution in [0.4, 0.5) is 5.69 Å². The average molecular weight is 516 g/mol. The largest absolute Gasteiger partial charge is 0.488 e. The standard InChI is InChI=1S/C24H17BrCl2N2O2/c1-15-6-8-19(12-22(15)27)29-24(30)18(13-28)10-16-7-9-23(20(25)11-16)31-14-17-4-2-3-5-21(17)26/h2-12H,14H2,1H3,(H,29,30)/b18-10-. The Bertz CT molecular complexity index is 1200. The molecule has 3 rings (SSSR count). The molecule has 156 valence electrons. The number of carbonyl (C=O) groups excluding carboxylic acids is 1. The molecule has 0 aliphatic heterocycles. The topological polar surface area (TPSA) is 62.1 Å². The van der Waals surface area contributed by atoms with Crippen molar-refractivity contribution in [1.82, 2.24) is 0 Å². The Kier molecular flexibility index (Phi) is 7.75. The Labute approximate surface area is 199 Å². The van der Waals surface area contributed by atoms with Gasteiger partial charge in [-0.1, -0.05) is 53.5 Å². The van der Waals surface area contributed by atoms with E-state index >= 15 is 0 Å². The number of hydrogen-bond acceptors (Lipinski definition) is 3. The van der Waals surface area contributed by atoms with E-state index in [1.807, 2.05) is 37.3 Å². The summed E-state index contributed by atoms with van der Waals surface area (Å²) in [6.07, 6.45) is 1.51. The first-order chi connectivity index (χ1) is 14.9. The number of nitriles is 1. The van der Waals surface area contributed by atoms with Crippen LogP contribution >= 0.6 is 39.1 Å². The van der Waals surface area contributed by atoms with Crippen LogP contribution in [0.5, 0.6) is 5.75 Å². The van der Waals surface area contributed by atoms with E-state index in [0.717, 1.165) is 11.1 Å². The molecule has 0 atom stereocenters. The van der Waals surface area contributed by atoms with Gasteiger partial charge < -0.3 is 10.1 Å². The summed E-state index contributed by atoms with van der Waals surface area (Å²) >= 11 is 15.7. The molecule has 7 heteroatoms. The molecule has 3 aromatic rings. The second-order valence-corrected chi connectivity index (χ2v) is 8.33. The molecule has 0 aromatic heterocycles. The van der Waals surface area contributed by atoms with E-state index < -0.39 is 5.91 Å². The van der Waals surface area contributed by atoms with Crippen LogP contribution in [0.15, 0.2) is 70.7 Å². The fourth-order valence-electron chi connectivity index (χ4n) is 2.68. The predicted molar refractivity (Wildman–Crippen MR) is 128 cm³/mol. The van der Waals surface area contributed by atoms with Crippen molar-refractivity contribution in [1.29, 1.82) is 5.26 Å². The summed E-state index contributed by atoms with van der Waals surface area (Å²) in [7, 11) is 0. The van der Waals surface area contributed by atoms with Crippen molar-refractivity contribution in [2.24, 2.45) is 0 Å².